The molecular formula is C22H24N2O5. The fourth-order valence-corrected chi connectivity index (χ4v) is 2.72. The first-order valence-electron chi connectivity index (χ1n) is 9.53. The van der Waals surface area contributed by atoms with E-state index in [4.69, 9.17) is 9.47 Å². The lowest BCUT2D eigenvalue weighted by molar-refractivity contribution is -0.147. The molecule has 1 aliphatic rings. The highest BCUT2D eigenvalue weighted by Crippen LogP contribution is 2.21. The molecule has 7 heteroatoms. The SMILES string of the molecule is COc1ccc(CCC(=O)OCC(=O)Nc2ccccc2C(=O)NC2CC2)cc1. The van der Waals surface area contributed by atoms with Crippen molar-refractivity contribution in [1.82, 2.24) is 5.32 Å². The highest BCUT2D eigenvalue weighted by atomic mass is 16.5. The number of amides is 2. The summed E-state index contributed by atoms with van der Waals surface area (Å²) >= 11 is 0. The number of carbonyl (C=O) groups is 3. The second-order valence-electron chi connectivity index (χ2n) is 6.85. The van der Waals surface area contributed by atoms with Crippen LogP contribution in [0.1, 0.15) is 35.2 Å². The second kappa shape index (κ2) is 9.73. The summed E-state index contributed by atoms with van der Waals surface area (Å²) in [4.78, 5) is 36.3. The van der Waals surface area contributed by atoms with Crippen molar-refractivity contribution in [3.05, 3.63) is 59.7 Å². The fourth-order valence-electron chi connectivity index (χ4n) is 2.72. The van der Waals surface area contributed by atoms with E-state index in [-0.39, 0.29) is 18.4 Å². The highest BCUT2D eigenvalue weighted by molar-refractivity contribution is 6.04. The normalized spacial score (nSPS) is 12.7. The van der Waals surface area contributed by atoms with E-state index < -0.39 is 18.5 Å². The molecule has 7 nitrogen and oxygen atoms in total. The third-order valence-corrected chi connectivity index (χ3v) is 4.50. The van der Waals surface area contributed by atoms with Crippen LogP contribution in [0.4, 0.5) is 5.69 Å². The number of aryl methyl sites for hydroxylation is 1. The molecule has 2 amide bonds. The van der Waals surface area contributed by atoms with Crippen LogP contribution in [0, 0.1) is 0 Å². The lowest BCUT2D eigenvalue weighted by Crippen LogP contribution is -2.28. The van der Waals surface area contributed by atoms with Crippen LogP contribution in [0.3, 0.4) is 0 Å². The molecule has 0 aromatic heterocycles. The molecule has 0 spiro atoms. The van der Waals surface area contributed by atoms with Crippen molar-refractivity contribution in [2.24, 2.45) is 0 Å². The van der Waals surface area contributed by atoms with Gasteiger partial charge in [0.05, 0.1) is 18.4 Å². The van der Waals surface area contributed by atoms with Gasteiger partial charge in [0.2, 0.25) is 0 Å². The molecular weight excluding hydrogens is 372 g/mol. The molecule has 0 heterocycles. The van der Waals surface area contributed by atoms with Crippen molar-refractivity contribution in [3.8, 4) is 5.75 Å². The highest BCUT2D eigenvalue weighted by Gasteiger charge is 2.25. The Labute approximate surface area is 169 Å². The summed E-state index contributed by atoms with van der Waals surface area (Å²) in [5, 5.41) is 5.53. The van der Waals surface area contributed by atoms with Gasteiger partial charge in [0.15, 0.2) is 6.61 Å². The van der Waals surface area contributed by atoms with Gasteiger partial charge in [0, 0.05) is 12.5 Å². The number of ether oxygens (including phenoxy) is 2. The monoisotopic (exact) mass is 396 g/mol. The maximum atomic E-state index is 12.3. The van der Waals surface area contributed by atoms with Crippen molar-refractivity contribution in [3.63, 3.8) is 0 Å². The molecule has 29 heavy (non-hydrogen) atoms. The van der Waals surface area contributed by atoms with Crippen LogP contribution in [0.25, 0.3) is 0 Å². The van der Waals surface area contributed by atoms with Crippen molar-refractivity contribution in [2.75, 3.05) is 19.0 Å². The molecule has 2 aromatic carbocycles. The molecule has 3 rings (SSSR count). The van der Waals surface area contributed by atoms with E-state index >= 15 is 0 Å². The van der Waals surface area contributed by atoms with Gasteiger partial charge in [-0.2, -0.15) is 0 Å². The predicted octanol–water partition coefficient (Wildman–Crippen LogP) is 2.70. The van der Waals surface area contributed by atoms with Crippen LogP contribution >= 0.6 is 0 Å². The Morgan fingerprint density at radius 2 is 1.76 bits per heavy atom. The van der Waals surface area contributed by atoms with Crippen LogP contribution in [0.5, 0.6) is 5.75 Å². The lowest BCUT2D eigenvalue weighted by atomic mass is 10.1. The number of methoxy groups -OCH3 is 1. The molecule has 152 valence electrons. The van der Waals surface area contributed by atoms with Gasteiger partial charge in [0.25, 0.3) is 11.8 Å². The van der Waals surface area contributed by atoms with Crippen LogP contribution in [-0.4, -0.2) is 37.5 Å². The quantitative estimate of drug-likeness (QED) is 0.636. The molecule has 1 saturated carbocycles. The van der Waals surface area contributed by atoms with E-state index in [1.807, 2.05) is 24.3 Å². The van der Waals surface area contributed by atoms with Gasteiger partial charge in [-0.3, -0.25) is 14.4 Å². The first-order valence-corrected chi connectivity index (χ1v) is 9.53. The average Bonchev–Trinajstić information content (AvgIpc) is 3.55. The molecule has 2 aromatic rings. The zero-order valence-corrected chi connectivity index (χ0v) is 16.3. The smallest absolute Gasteiger partial charge is 0.306 e. The van der Waals surface area contributed by atoms with Crippen molar-refractivity contribution >= 4 is 23.5 Å². The molecule has 2 N–H and O–H groups in total. The summed E-state index contributed by atoms with van der Waals surface area (Å²) in [7, 11) is 1.59. The van der Waals surface area contributed by atoms with E-state index in [1.54, 1.807) is 31.4 Å². The molecule has 0 unspecified atom stereocenters. The summed E-state index contributed by atoms with van der Waals surface area (Å²) in [6.07, 6.45) is 2.63. The molecule has 0 saturated heterocycles. The number of hydrogen-bond acceptors (Lipinski definition) is 5. The molecule has 0 atom stereocenters. The number of rotatable bonds is 9. The Hall–Kier alpha value is -3.35. The van der Waals surface area contributed by atoms with Gasteiger partial charge < -0.3 is 20.1 Å². The summed E-state index contributed by atoms with van der Waals surface area (Å²) in [6, 6.07) is 14.4. The Balaban J connectivity index is 1.44. The van der Waals surface area contributed by atoms with Crippen LogP contribution in [0.15, 0.2) is 48.5 Å². The Bertz CT molecular complexity index is 875. The number of nitrogens with one attached hydrogen (secondary N) is 2. The minimum atomic E-state index is -0.491. The molecule has 1 aliphatic carbocycles. The van der Waals surface area contributed by atoms with Gasteiger partial charge in [-0.05, 0) is 49.1 Å². The zero-order valence-electron chi connectivity index (χ0n) is 16.3. The van der Waals surface area contributed by atoms with Gasteiger partial charge >= 0.3 is 5.97 Å². The van der Waals surface area contributed by atoms with E-state index in [1.165, 1.54) is 0 Å². The van der Waals surface area contributed by atoms with Crippen LogP contribution < -0.4 is 15.4 Å². The summed E-state index contributed by atoms with van der Waals surface area (Å²) in [5.74, 6) is -0.427. The van der Waals surface area contributed by atoms with Crippen molar-refractivity contribution in [2.45, 2.75) is 31.7 Å². The minimum absolute atomic E-state index is 0.167. The molecule has 0 aliphatic heterocycles. The van der Waals surface area contributed by atoms with Gasteiger partial charge in [0.1, 0.15) is 5.75 Å². The average molecular weight is 396 g/mol. The van der Waals surface area contributed by atoms with E-state index in [2.05, 4.69) is 10.6 Å². The second-order valence-corrected chi connectivity index (χ2v) is 6.85. The maximum absolute atomic E-state index is 12.3. The fraction of sp³-hybridized carbons (Fsp3) is 0.318. The topological polar surface area (TPSA) is 93.7 Å². The molecule has 0 radical (unpaired) electrons. The zero-order chi connectivity index (χ0) is 20.6. The first-order chi connectivity index (χ1) is 14.0. The van der Waals surface area contributed by atoms with E-state index in [9.17, 15) is 14.4 Å². The van der Waals surface area contributed by atoms with E-state index in [0.717, 1.165) is 24.2 Å². The Morgan fingerprint density at radius 3 is 2.45 bits per heavy atom. The number of esters is 1. The number of anilines is 1. The number of benzene rings is 2. The van der Waals surface area contributed by atoms with Crippen LogP contribution in [0.2, 0.25) is 0 Å². The van der Waals surface area contributed by atoms with Gasteiger partial charge in [-0.15, -0.1) is 0 Å². The number of para-hydroxylation sites is 1. The molecule has 1 fully saturated rings. The van der Waals surface area contributed by atoms with Crippen LogP contribution in [-0.2, 0) is 20.7 Å². The minimum Gasteiger partial charge on any atom is -0.497 e. The number of carbonyl (C=O) groups excluding carboxylic acids is 3. The first kappa shape index (κ1) is 20.4. The van der Waals surface area contributed by atoms with Gasteiger partial charge in [-0.25, -0.2) is 0 Å². The van der Waals surface area contributed by atoms with Crippen molar-refractivity contribution < 1.29 is 23.9 Å². The predicted molar refractivity (Wildman–Crippen MR) is 108 cm³/mol. The number of hydrogen-bond donors (Lipinski definition) is 2. The molecule has 0 bridgehead atoms. The Kier molecular flexibility index (Phi) is 6.84. The van der Waals surface area contributed by atoms with E-state index in [0.29, 0.717) is 17.7 Å². The third-order valence-electron chi connectivity index (χ3n) is 4.50. The summed E-state index contributed by atoms with van der Waals surface area (Å²) in [5.41, 5.74) is 1.76. The summed E-state index contributed by atoms with van der Waals surface area (Å²) < 4.78 is 10.1. The van der Waals surface area contributed by atoms with Gasteiger partial charge in [-0.1, -0.05) is 24.3 Å². The van der Waals surface area contributed by atoms with Crippen molar-refractivity contribution in [1.29, 1.82) is 0 Å². The standard InChI is InChI=1S/C22H24N2O5/c1-28-17-11-6-15(7-12-17)8-13-21(26)29-14-20(25)24-19-5-3-2-4-18(19)22(27)23-16-9-10-16/h2-7,11-12,16H,8-10,13-14H2,1H3,(H,23,27)(H,24,25). The summed E-state index contributed by atoms with van der Waals surface area (Å²) in [6.45, 7) is -0.403. The Morgan fingerprint density at radius 1 is 1.03 bits per heavy atom. The maximum Gasteiger partial charge on any atom is 0.306 e. The lowest BCUT2D eigenvalue weighted by Gasteiger charge is -2.11. The largest absolute Gasteiger partial charge is 0.497 e. The third kappa shape index (κ3) is 6.34.